The van der Waals surface area contributed by atoms with E-state index in [2.05, 4.69) is 4.90 Å². The van der Waals surface area contributed by atoms with Gasteiger partial charge in [0.1, 0.15) is 0 Å². The number of halogens is 2. The van der Waals surface area contributed by atoms with E-state index in [4.69, 9.17) is 34.3 Å². The van der Waals surface area contributed by atoms with E-state index in [0.717, 1.165) is 38.0 Å². The Balaban J connectivity index is 2.02. The molecule has 0 spiro atoms. The first-order valence-corrected chi connectivity index (χ1v) is 6.82. The molecule has 3 N–H and O–H groups in total. The number of hydrogen-bond donors (Lipinski definition) is 2. The Bertz CT molecular complexity index is 448. The summed E-state index contributed by atoms with van der Waals surface area (Å²) >= 11 is 12.1. The van der Waals surface area contributed by atoms with E-state index in [-0.39, 0.29) is 5.92 Å². The maximum Gasteiger partial charge on any atom is 0.0949 e. The van der Waals surface area contributed by atoms with Gasteiger partial charge < -0.3 is 5.73 Å². The minimum atomic E-state index is 0.185. The van der Waals surface area contributed by atoms with Gasteiger partial charge in [-0.25, -0.2) is 0 Å². The van der Waals surface area contributed by atoms with Crippen molar-refractivity contribution in [2.75, 3.05) is 13.1 Å². The highest BCUT2D eigenvalue weighted by Gasteiger charge is 2.22. The van der Waals surface area contributed by atoms with Crippen molar-refractivity contribution in [2.24, 2.45) is 11.7 Å². The maximum absolute atomic E-state index is 7.54. The van der Waals surface area contributed by atoms with E-state index in [1.165, 1.54) is 0 Å². The van der Waals surface area contributed by atoms with E-state index in [0.29, 0.717) is 15.9 Å². The van der Waals surface area contributed by atoms with Gasteiger partial charge in [0, 0.05) is 29.1 Å². The molecule has 2 rings (SSSR count). The van der Waals surface area contributed by atoms with Crippen LogP contribution in [0.3, 0.4) is 0 Å². The third-order valence-electron chi connectivity index (χ3n) is 3.35. The molecule has 0 radical (unpaired) electrons. The molecule has 1 aromatic rings. The molecule has 5 heteroatoms. The lowest BCUT2D eigenvalue weighted by atomic mass is 9.96. The minimum Gasteiger partial charge on any atom is -0.387 e. The summed E-state index contributed by atoms with van der Waals surface area (Å²) in [6.45, 7) is 2.66. The first-order valence-electron chi connectivity index (χ1n) is 6.06. The van der Waals surface area contributed by atoms with Crippen LogP contribution in [0.25, 0.3) is 0 Å². The van der Waals surface area contributed by atoms with Gasteiger partial charge in [-0.15, -0.1) is 0 Å². The van der Waals surface area contributed by atoms with Crippen molar-refractivity contribution in [3.05, 3.63) is 33.8 Å². The molecule has 0 amide bonds. The molecule has 0 saturated carbocycles. The predicted octanol–water partition coefficient (Wildman–Crippen LogP) is 3.14. The van der Waals surface area contributed by atoms with Crippen molar-refractivity contribution in [1.82, 2.24) is 4.90 Å². The maximum atomic E-state index is 7.54. The van der Waals surface area contributed by atoms with Crippen molar-refractivity contribution in [2.45, 2.75) is 19.4 Å². The van der Waals surface area contributed by atoms with Gasteiger partial charge in [-0.3, -0.25) is 10.3 Å². The van der Waals surface area contributed by atoms with E-state index in [9.17, 15) is 0 Å². The van der Waals surface area contributed by atoms with Gasteiger partial charge in [0.25, 0.3) is 0 Å². The average molecular weight is 286 g/mol. The summed E-state index contributed by atoms with van der Waals surface area (Å²) < 4.78 is 0. The predicted molar refractivity (Wildman–Crippen MR) is 76.4 cm³/mol. The van der Waals surface area contributed by atoms with E-state index >= 15 is 0 Å². The lowest BCUT2D eigenvalue weighted by Gasteiger charge is -2.32. The topological polar surface area (TPSA) is 53.1 Å². The molecule has 3 nitrogen and oxygen atoms in total. The number of nitrogens with zero attached hydrogens (tertiary/aromatic N) is 1. The summed E-state index contributed by atoms with van der Waals surface area (Å²) in [6, 6.07) is 5.59. The number of piperidine rings is 1. The fourth-order valence-corrected chi connectivity index (χ4v) is 2.81. The Hall–Kier alpha value is -0.770. The van der Waals surface area contributed by atoms with Gasteiger partial charge in [0.15, 0.2) is 0 Å². The molecule has 1 heterocycles. The highest BCUT2D eigenvalue weighted by atomic mass is 35.5. The molecule has 1 atom stereocenters. The second-order valence-corrected chi connectivity index (χ2v) is 5.61. The van der Waals surface area contributed by atoms with Gasteiger partial charge in [-0.2, -0.15) is 0 Å². The molecule has 0 aliphatic carbocycles. The number of rotatable bonds is 3. The van der Waals surface area contributed by atoms with Crippen LogP contribution < -0.4 is 5.73 Å². The molecule has 1 aliphatic heterocycles. The molecule has 1 aromatic carbocycles. The molecule has 0 bridgehead atoms. The lowest BCUT2D eigenvalue weighted by molar-refractivity contribution is 0.196. The van der Waals surface area contributed by atoms with Crippen LogP contribution in [0.2, 0.25) is 10.0 Å². The van der Waals surface area contributed by atoms with E-state index in [1.807, 2.05) is 12.1 Å². The van der Waals surface area contributed by atoms with Gasteiger partial charge in [0.05, 0.1) is 5.84 Å². The van der Waals surface area contributed by atoms with Crippen molar-refractivity contribution in [3.63, 3.8) is 0 Å². The molecule has 18 heavy (non-hydrogen) atoms. The van der Waals surface area contributed by atoms with Crippen LogP contribution in [0.5, 0.6) is 0 Å². The number of benzene rings is 1. The highest BCUT2D eigenvalue weighted by Crippen LogP contribution is 2.24. The van der Waals surface area contributed by atoms with Crippen molar-refractivity contribution >= 4 is 29.0 Å². The quantitative estimate of drug-likeness (QED) is 0.662. The molecule has 1 unspecified atom stereocenters. The Labute approximate surface area is 117 Å². The van der Waals surface area contributed by atoms with Crippen LogP contribution in [-0.4, -0.2) is 23.8 Å². The molecule has 0 aromatic heterocycles. The summed E-state index contributed by atoms with van der Waals surface area (Å²) in [4.78, 5) is 2.30. The second kappa shape index (κ2) is 5.91. The monoisotopic (exact) mass is 285 g/mol. The number of nitrogens with two attached hydrogens (primary N) is 1. The Morgan fingerprint density at radius 2 is 2.22 bits per heavy atom. The third kappa shape index (κ3) is 3.37. The summed E-state index contributed by atoms with van der Waals surface area (Å²) in [5.41, 5.74) is 6.66. The number of likely N-dealkylation sites (tertiary alicyclic amines) is 1. The summed E-state index contributed by atoms with van der Waals surface area (Å²) in [7, 11) is 0. The Kier molecular flexibility index (Phi) is 4.49. The first-order chi connectivity index (χ1) is 8.56. The summed E-state index contributed by atoms with van der Waals surface area (Å²) in [6.07, 6.45) is 2.09. The van der Waals surface area contributed by atoms with Crippen LogP contribution in [0.15, 0.2) is 18.2 Å². The largest absolute Gasteiger partial charge is 0.387 e. The zero-order chi connectivity index (χ0) is 13.1. The zero-order valence-corrected chi connectivity index (χ0v) is 11.6. The van der Waals surface area contributed by atoms with Crippen LogP contribution in [0.4, 0.5) is 0 Å². The van der Waals surface area contributed by atoms with Gasteiger partial charge in [-0.05, 0) is 37.1 Å². The number of nitrogens with one attached hydrogen (secondary N) is 1. The van der Waals surface area contributed by atoms with Crippen molar-refractivity contribution < 1.29 is 0 Å². The van der Waals surface area contributed by atoms with Crippen LogP contribution in [0, 0.1) is 11.3 Å². The first kappa shape index (κ1) is 13.7. The fourth-order valence-electron chi connectivity index (χ4n) is 2.34. The van der Waals surface area contributed by atoms with Gasteiger partial charge >= 0.3 is 0 Å². The number of hydrogen-bond acceptors (Lipinski definition) is 2. The molecule has 98 valence electrons. The third-order valence-corrected chi connectivity index (χ3v) is 3.94. The minimum absolute atomic E-state index is 0.185. The van der Waals surface area contributed by atoms with Crippen LogP contribution in [0.1, 0.15) is 18.4 Å². The van der Waals surface area contributed by atoms with Gasteiger partial charge in [-0.1, -0.05) is 29.3 Å². The van der Waals surface area contributed by atoms with E-state index in [1.54, 1.807) is 6.07 Å². The molecular formula is C13H17Cl2N3. The number of amidine groups is 1. The standard InChI is InChI=1S/C13H17Cl2N3/c14-11-4-3-9(12(15)6-11)7-18-5-1-2-10(8-18)13(16)17/h3-4,6,10H,1-2,5,7-8H2,(H3,16,17). The second-order valence-electron chi connectivity index (χ2n) is 4.77. The molecule has 1 fully saturated rings. The lowest BCUT2D eigenvalue weighted by Crippen LogP contribution is -2.40. The average Bonchev–Trinajstić information content (AvgIpc) is 2.33. The summed E-state index contributed by atoms with van der Waals surface area (Å²) in [5.74, 6) is 0.478. The SMILES string of the molecule is N=C(N)C1CCCN(Cc2ccc(Cl)cc2Cl)C1. The zero-order valence-electron chi connectivity index (χ0n) is 10.1. The van der Waals surface area contributed by atoms with Gasteiger partial charge in [0.2, 0.25) is 0 Å². The molecule has 1 saturated heterocycles. The Morgan fingerprint density at radius 3 is 2.89 bits per heavy atom. The molecule has 1 aliphatic rings. The normalized spacial score (nSPS) is 20.9. The van der Waals surface area contributed by atoms with Crippen molar-refractivity contribution in [1.29, 1.82) is 5.41 Å². The smallest absolute Gasteiger partial charge is 0.0949 e. The van der Waals surface area contributed by atoms with E-state index < -0.39 is 0 Å². The molecular weight excluding hydrogens is 269 g/mol. The highest BCUT2D eigenvalue weighted by molar-refractivity contribution is 6.35. The Morgan fingerprint density at radius 1 is 1.44 bits per heavy atom. The van der Waals surface area contributed by atoms with Crippen LogP contribution >= 0.6 is 23.2 Å². The summed E-state index contributed by atoms with van der Waals surface area (Å²) in [5, 5.41) is 8.89. The van der Waals surface area contributed by atoms with Crippen molar-refractivity contribution in [3.8, 4) is 0 Å². The van der Waals surface area contributed by atoms with Crippen LogP contribution in [-0.2, 0) is 6.54 Å². The fraction of sp³-hybridized carbons (Fsp3) is 0.462.